The van der Waals surface area contributed by atoms with E-state index in [1.165, 1.54) is 10.8 Å². The number of para-hydroxylation sites is 1. The topological polar surface area (TPSA) is 24.7 Å². The predicted molar refractivity (Wildman–Crippen MR) is 51.8 cm³/mol. The van der Waals surface area contributed by atoms with Crippen molar-refractivity contribution in [1.82, 2.24) is 0 Å². The number of benzene rings is 1. The molecule has 0 saturated carbocycles. The molecule has 62 valence electrons. The van der Waals surface area contributed by atoms with Crippen molar-refractivity contribution in [1.29, 1.82) is 0 Å². The maximum absolute atomic E-state index is 4.48. The molecule has 2 aliphatic rings. The summed E-state index contributed by atoms with van der Waals surface area (Å²) in [6.07, 6.45) is 4.67. The van der Waals surface area contributed by atoms with Crippen molar-refractivity contribution >= 4 is 11.8 Å². The van der Waals surface area contributed by atoms with Gasteiger partial charge in [0.05, 0.1) is 17.3 Å². The Balaban J connectivity index is 2.46. The molecule has 0 fully saturated rings. The van der Waals surface area contributed by atoms with E-state index in [9.17, 15) is 0 Å². The van der Waals surface area contributed by atoms with Gasteiger partial charge in [-0.3, -0.25) is 4.99 Å². The van der Waals surface area contributed by atoms with Gasteiger partial charge in [0, 0.05) is 17.9 Å². The number of hydrogen-bond donors (Lipinski definition) is 0. The minimum Gasteiger partial charge on any atom is -0.266 e. The lowest BCUT2D eigenvalue weighted by molar-refractivity contribution is 1.26. The molecule has 1 aromatic carbocycles. The van der Waals surface area contributed by atoms with Gasteiger partial charge in [0.2, 0.25) is 0 Å². The first-order valence-electron chi connectivity index (χ1n) is 4.34. The molecule has 0 aromatic heterocycles. The van der Waals surface area contributed by atoms with Crippen molar-refractivity contribution in [2.75, 3.05) is 0 Å². The molecule has 1 aromatic rings. The minimum atomic E-state index is 0.909. The Kier molecular flexibility index (Phi) is 1.25. The summed E-state index contributed by atoms with van der Waals surface area (Å²) < 4.78 is 0. The number of hydrogen-bond acceptors (Lipinski definition) is 2. The van der Waals surface area contributed by atoms with Crippen molar-refractivity contribution in [2.45, 2.75) is 6.42 Å². The average Bonchev–Trinajstić information content (AvgIpc) is 2.56. The van der Waals surface area contributed by atoms with E-state index in [0.29, 0.717) is 0 Å². The summed E-state index contributed by atoms with van der Waals surface area (Å²) in [7, 11) is 0. The molecule has 2 heteroatoms. The third-order valence-corrected chi connectivity index (χ3v) is 2.38. The van der Waals surface area contributed by atoms with Gasteiger partial charge < -0.3 is 0 Å². The molecule has 0 aliphatic carbocycles. The Morgan fingerprint density at radius 3 is 3.08 bits per heavy atom. The first-order chi connectivity index (χ1) is 6.45. The molecular weight excluding hydrogens is 160 g/mol. The third kappa shape index (κ3) is 0.886. The molecule has 0 N–H and O–H groups in total. The van der Waals surface area contributed by atoms with E-state index >= 15 is 0 Å². The lowest BCUT2D eigenvalue weighted by Crippen LogP contribution is -2.22. The molecule has 0 amide bonds. The fourth-order valence-electron chi connectivity index (χ4n) is 1.75. The lowest BCUT2D eigenvalue weighted by atomic mass is 10.1. The van der Waals surface area contributed by atoms with Crippen LogP contribution >= 0.6 is 0 Å². The fraction of sp³-hybridized carbons (Fsp3) is 0.0909. The standard InChI is InChI=1S/C11H8N2/c1-2-4-10-8(3-1)9-5-6-12-7-11(9)13-10/h1-4,6-7H,5H2. The van der Waals surface area contributed by atoms with Gasteiger partial charge >= 0.3 is 0 Å². The van der Waals surface area contributed by atoms with Gasteiger partial charge in [0.25, 0.3) is 0 Å². The number of fused-ring (bicyclic) bond motifs is 2. The van der Waals surface area contributed by atoms with Crippen molar-refractivity contribution < 1.29 is 0 Å². The molecule has 13 heavy (non-hydrogen) atoms. The second kappa shape index (κ2) is 2.39. The Labute approximate surface area is 75.7 Å². The quantitative estimate of drug-likeness (QED) is 0.547. The number of rotatable bonds is 0. The molecule has 0 unspecified atom stereocenters. The van der Waals surface area contributed by atoms with Crippen LogP contribution in [0, 0.1) is 0 Å². The van der Waals surface area contributed by atoms with Gasteiger partial charge in [-0.25, -0.2) is 4.99 Å². The van der Waals surface area contributed by atoms with Crippen molar-refractivity contribution in [3.05, 3.63) is 46.7 Å². The summed E-state index contributed by atoms with van der Waals surface area (Å²) >= 11 is 0. The number of aliphatic imine (C=N–C) groups is 1. The molecule has 2 heterocycles. The van der Waals surface area contributed by atoms with Gasteiger partial charge in [-0.15, -0.1) is 0 Å². The van der Waals surface area contributed by atoms with Crippen molar-refractivity contribution in [3.63, 3.8) is 0 Å². The highest BCUT2D eigenvalue weighted by Gasteiger charge is 2.12. The van der Waals surface area contributed by atoms with Crippen LogP contribution in [0.2, 0.25) is 0 Å². The summed E-state index contributed by atoms with van der Waals surface area (Å²) in [6.45, 7) is 0. The maximum atomic E-state index is 4.48. The first kappa shape index (κ1) is 6.78. The van der Waals surface area contributed by atoms with Crippen LogP contribution in [0.25, 0.3) is 5.57 Å². The van der Waals surface area contributed by atoms with E-state index in [1.807, 2.05) is 24.5 Å². The monoisotopic (exact) mass is 168 g/mol. The van der Waals surface area contributed by atoms with Crippen LogP contribution in [0.1, 0.15) is 6.42 Å². The molecule has 0 spiro atoms. The predicted octanol–water partition coefficient (Wildman–Crippen LogP) is 0.786. The van der Waals surface area contributed by atoms with Crippen LogP contribution < -0.4 is 10.6 Å². The highest BCUT2D eigenvalue weighted by atomic mass is 14.8. The molecule has 0 radical (unpaired) electrons. The number of nitrogens with zero attached hydrogens (tertiary/aromatic N) is 2. The van der Waals surface area contributed by atoms with Crippen molar-refractivity contribution in [2.24, 2.45) is 9.98 Å². The van der Waals surface area contributed by atoms with E-state index < -0.39 is 0 Å². The minimum absolute atomic E-state index is 0.909. The van der Waals surface area contributed by atoms with Crippen molar-refractivity contribution in [3.8, 4) is 0 Å². The smallest absolute Gasteiger partial charge is 0.0862 e. The molecule has 3 rings (SSSR count). The van der Waals surface area contributed by atoms with Crippen LogP contribution in [0.5, 0.6) is 0 Å². The zero-order valence-corrected chi connectivity index (χ0v) is 7.07. The molecule has 0 atom stereocenters. The van der Waals surface area contributed by atoms with Gasteiger partial charge in [-0.2, -0.15) is 0 Å². The van der Waals surface area contributed by atoms with Crippen LogP contribution in [0.4, 0.5) is 0 Å². The molecular formula is C11H8N2. The molecule has 0 bridgehead atoms. The van der Waals surface area contributed by atoms with E-state index in [-0.39, 0.29) is 0 Å². The average molecular weight is 168 g/mol. The van der Waals surface area contributed by atoms with Gasteiger partial charge in [0.1, 0.15) is 0 Å². The maximum Gasteiger partial charge on any atom is 0.0862 e. The SMILES string of the molecule is C1=NC=C2N=c3ccccc3=C2C1. The fourth-order valence-corrected chi connectivity index (χ4v) is 1.75. The van der Waals surface area contributed by atoms with Crippen LogP contribution in [0.3, 0.4) is 0 Å². The highest BCUT2D eigenvalue weighted by molar-refractivity contribution is 5.82. The highest BCUT2D eigenvalue weighted by Crippen LogP contribution is 2.19. The zero-order valence-electron chi connectivity index (χ0n) is 7.07. The lowest BCUT2D eigenvalue weighted by Gasteiger charge is -2.02. The second-order valence-corrected chi connectivity index (χ2v) is 3.16. The summed E-state index contributed by atoms with van der Waals surface area (Å²) in [5.41, 5.74) is 2.34. The Bertz CT molecular complexity index is 535. The van der Waals surface area contributed by atoms with Crippen LogP contribution in [-0.4, -0.2) is 6.21 Å². The summed E-state index contributed by atoms with van der Waals surface area (Å²) in [5, 5.41) is 2.34. The second-order valence-electron chi connectivity index (χ2n) is 3.16. The molecule has 2 nitrogen and oxygen atoms in total. The van der Waals surface area contributed by atoms with Crippen LogP contribution in [-0.2, 0) is 0 Å². The Hall–Kier alpha value is -1.70. The summed E-state index contributed by atoms with van der Waals surface area (Å²) in [4.78, 5) is 8.59. The summed E-state index contributed by atoms with van der Waals surface area (Å²) in [6, 6.07) is 8.23. The van der Waals surface area contributed by atoms with E-state index in [0.717, 1.165) is 17.5 Å². The number of allylic oxidation sites excluding steroid dienone is 1. The van der Waals surface area contributed by atoms with Gasteiger partial charge in [-0.05, 0) is 11.6 Å². The Morgan fingerprint density at radius 2 is 2.08 bits per heavy atom. The zero-order chi connectivity index (χ0) is 8.67. The first-order valence-corrected chi connectivity index (χ1v) is 4.34. The van der Waals surface area contributed by atoms with E-state index in [4.69, 9.17) is 0 Å². The summed E-state index contributed by atoms with van der Waals surface area (Å²) in [5.74, 6) is 0. The van der Waals surface area contributed by atoms with E-state index in [2.05, 4.69) is 22.1 Å². The van der Waals surface area contributed by atoms with Gasteiger partial charge in [0.15, 0.2) is 0 Å². The van der Waals surface area contributed by atoms with Crippen LogP contribution in [0.15, 0.2) is 46.1 Å². The van der Waals surface area contributed by atoms with Gasteiger partial charge in [-0.1, -0.05) is 18.2 Å². The van der Waals surface area contributed by atoms with E-state index in [1.54, 1.807) is 0 Å². The molecule has 2 aliphatic heterocycles. The Morgan fingerprint density at radius 1 is 1.15 bits per heavy atom. The largest absolute Gasteiger partial charge is 0.266 e. The normalized spacial score (nSPS) is 17.5. The third-order valence-electron chi connectivity index (χ3n) is 2.38. The molecule has 0 saturated heterocycles.